The van der Waals surface area contributed by atoms with E-state index >= 15 is 0 Å². The molecule has 0 aromatic carbocycles. The van der Waals surface area contributed by atoms with Crippen molar-refractivity contribution in [2.75, 3.05) is 13.2 Å². The molecular weight excluding hydrogens is 408 g/mol. The first-order valence-corrected chi connectivity index (χ1v) is 10.6. The van der Waals surface area contributed by atoms with Gasteiger partial charge < -0.3 is 20.1 Å². The number of nitrogens with zero attached hydrogens (tertiary/aromatic N) is 2. The van der Waals surface area contributed by atoms with Crippen LogP contribution in [0, 0.1) is 12.8 Å². The summed E-state index contributed by atoms with van der Waals surface area (Å²) >= 11 is 1.32. The first-order chi connectivity index (χ1) is 14.2. The largest absolute Gasteiger partial charge is 0.463 e. The average molecular weight is 435 g/mol. The summed E-state index contributed by atoms with van der Waals surface area (Å²) in [4.78, 5) is 38.1. The molecule has 1 atom stereocenters. The second-order valence-electron chi connectivity index (χ2n) is 7.50. The lowest BCUT2D eigenvalue weighted by molar-refractivity contribution is -0.139. The van der Waals surface area contributed by atoms with Crippen molar-refractivity contribution in [1.82, 2.24) is 20.4 Å². The summed E-state index contributed by atoms with van der Waals surface area (Å²) in [6, 6.07) is 0.750. The van der Waals surface area contributed by atoms with Gasteiger partial charge in [0.1, 0.15) is 16.3 Å². The Morgan fingerprint density at radius 3 is 2.70 bits per heavy atom. The first-order valence-electron chi connectivity index (χ1n) is 9.83. The molecule has 0 saturated heterocycles. The number of amides is 2. The molecule has 0 saturated carbocycles. The van der Waals surface area contributed by atoms with Gasteiger partial charge in [-0.15, -0.1) is 11.3 Å². The summed E-state index contributed by atoms with van der Waals surface area (Å²) in [6.45, 7) is 10.2. The molecule has 30 heavy (non-hydrogen) atoms. The number of carbonyl (C=O) groups excluding carboxylic acids is 3. The highest BCUT2D eigenvalue weighted by Gasteiger charge is 2.30. The zero-order valence-corrected chi connectivity index (χ0v) is 18.5. The van der Waals surface area contributed by atoms with E-state index in [2.05, 4.69) is 29.6 Å². The van der Waals surface area contributed by atoms with Crippen LogP contribution in [0.1, 0.15) is 43.1 Å². The van der Waals surface area contributed by atoms with Gasteiger partial charge in [0.15, 0.2) is 0 Å². The highest BCUT2D eigenvalue weighted by atomic mass is 32.1. The Labute approximate surface area is 178 Å². The maximum atomic E-state index is 12.7. The Morgan fingerprint density at radius 2 is 2.03 bits per heavy atom. The quantitative estimate of drug-likeness (QED) is 0.648. The predicted molar refractivity (Wildman–Crippen MR) is 112 cm³/mol. The standard InChI is InChI=1S/C20H26N4O5S/c1-6-28-19(26)16-12(5)21-20(27)22-14(16)9-29-18(25)15-7-13-11(4)23-24(8-10(2)3)17(13)30-15/h7,10,12H,6,8-9H2,1-5H3,(H2,21,22,27)/t12-/m1/s1. The van der Waals surface area contributed by atoms with Gasteiger partial charge >= 0.3 is 18.0 Å². The average Bonchev–Trinajstić information content (AvgIpc) is 3.20. The van der Waals surface area contributed by atoms with Crippen molar-refractivity contribution in [3.8, 4) is 0 Å². The molecule has 3 heterocycles. The number of carbonyl (C=O) groups is 3. The number of fused-ring (bicyclic) bond motifs is 1. The van der Waals surface area contributed by atoms with Gasteiger partial charge in [-0.25, -0.2) is 14.4 Å². The van der Waals surface area contributed by atoms with Gasteiger partial charge in [-0.1, -0.05) is 13.8 Å². The summed E-state index contributed by atoms with van der Waals surface area (Å²) in [5.41, 5.74) is 1.32. The van der Waals surface area contributed by atoms with Crippen molar-refractivity contribution in [2.45, 2.75) is 47.2 Å². The first kappa shape index (κ1) is 21.8. The van der Waals surface area contributed by atoms with Crippen LogP contribution in [0.5, 0.6) is 0 Å². The lowest BCUT2D eigenvalue weighted by atomic mass is 10.0. The molecule has 2 amide bonds. The van der Waals surface area contributed by atoms with Crippen LogP contribution < -0.4 is 10.6 Å². The van der Waals surface area contributed by atoms with Crippen LogP contribution in [-0.2, 0) is 20.8 Å². The van der Waals surface area contributed by atoms with E-state index in [4.69, 9.17) is 9.47 Å². The highest BCUT2D eigenvalue weighted by Crippen LogP contribution is 2.29. The molecule has 1 aliphatic rings. The number of ether oxygens (including phenoxy) is 2. The van der Waals surface area contributed by atoms with Gasteiger partial charge in [-0.05, 0) is 32.8 Å². The summed E-state index contributed by atoms with van der Waals surface area (Å²) in [6.07, 6.45) is 0. The summed E-state index contributed by atoms with van der Waals surface area (Å²) < 4.78 is 12.4. The number of nitrogens with one attached hydrogen (secondary N) is 2. The van der Waals surface area contributed by atoms with Crippen molar-refractivity contribution in [2.24, 2.45) is 5.92 Å². The highest BCUT2D eigenvalue weighted by molar-refractivity contribution is 7.20. The van der Waals surface area contributed by atoms with Gasteiger partial charge in [0.2, 0.25) is 0 Å². The number of aryl methyl sites for hydroxylation is 1. The molecule has 3 rings (SSSR count). The van der Waals surface area contributed by atoms with Crippen LogP contribution in [-0.4, -0.2) is 47.0 Å². The van der Waals surface area contributed by atoms with E-state index < -0.39 is 24.0 Å². The van der Waals surface area contributed by atoms with Crippen LogP contribution in [0.15, 0.2) is 17.3 Å². The van der Waals surface area contributed by atoms with E-state index in [9.17, 15) is 14.4 Å². The Bertz CT molecular complexity index is 1020. The van der Waals surface area contributed by atoms with Crippen molar-refractivity contribution >= 4 is 39.5 Å². The minimum absolute atomic E-state index is 0.199. The van der Waals surface area contributed by atoms with Crippen molar-refractivity contribution in [3.63, 3.8) is 0 Å². The van der Waals surface area contributed by atoms with Crippen molar-refractivity contribution < 1.29 is 23.9 Å². The van der Waals surface area contributed by atoms with E-state index in [0.717, 1.165) is 22.5 Å². The fraction of sp³-hybridized carbons (Fsp3) is 0.500. The molecule has 1 aliphatic heterocycles. The third kappa shape index (κ3) is 4.48. The Morgan fingerprint density at radius 1 is 1.30 bits per heavy atom. The molecule has 0 bridgehead atoms. The molecule has 0 fully saturated rings. The molecule has 9 nitrogen and oxygen atoms in total. The van der Waals surface area contributed by atoms with E-state index in [1.807, 2.05) is 11.6 Å². The van der Waals surface area contributed by atoms with E-state index in [-0.39, 0.29) is 24.5 Å². The smallest absolute Gasteiger partial charge is 0.348 e. The lowest BCUT2D eigenvalue weighted by Gasteiger charge is -2.26. The van der Waals surface area contributed by atoms with Crippen molar-refractivity contribution in [3.05, 3.63) is 27.9 Å². The van der Waals surface area contributed by atoms with E-state index in [0.29, 0.717) is 10.8 Å². The second kappa shape index (κ2) is 8.86. The number of hydrogen-bond acceptors (Lipinski definition) is 7. The molecule has 2 N–H and O–H groups in total. The van der Waals surface area contributed by atoms with Gasteiger partial charge in [-0.3, -0.25) is 4.68 Å². The minimum atomic E-state index is -0.560. The maximum absolute atomic E-state index is 12.7. The number of thiophene rings is 1. The molecule has 162 valence electrons. The summed E-state index contributed by atoms with van der Waals surface area (Å²) in [5.74, 6) is -0.665. The summed E-state index contributed by atoms with van der Waals surface area (Å²) in [7, 11) is 0. The minimum Gasteiger partial charge on any atom is -0.463 e. The maximum Gasteiger partial charge on any atom is 0.348 e. The molecule has 0 spiro atoms. The second-order valence-corrected chi connectivity index (χ2v) is 8.53. The van der Waals surface area contributed by atoms with Crippen LogP contribution in [0.2, 0.25) is 0 Å². The van der Waals surface area contributed by atoms with Gasteiger partial charge in [0.25, 0.3) is 0 Å². The lowest BCUT2D eigenvalue weighted by Crippen LogP contribution is -2.50. The predicted octanol–water partition coefficient (Wildman–Crippen LogP) is 2.74. The fourth-order valence-corrected chi connectivity index (χ4v) is 4.35. The third-order valence-electron chi connectivity index (χ3n) is 4.56. The van der Waals surface area contributed by atoms with Gasteiger partial charge in [0, 0.05) is 11.9 Å². The Balaban J connectivity index is 1.80. The monoisotopic (exact) mass is 434 g/mol. The summed E-state index contributed by atoms with van der Waals surface area (Å²) in [5, 5.41) is 10.6. The molecule has 0 radical (unpaired) electrons. The molecule has 2 aromatic rings. The van der Waals surface area contributed by atoms with Crippen molar-refractivity contribution in [1.29, 1.82) is 0 Å². The van der Waals surface area contributed by atoms with Crippen LogP contribution in [0.25, 0.3) is 10.2 Å². The third-order valence-corrected chi connectivity index (χ3v) is 5.69. The Kier molecular flexibility index (Phi) is 6.45. The zero-order chi connectivity index (χ0) is 22.0. The fourth-order valence-electron chi connectivity index (χ4n) is 3.29. The molecule has 2 aromatic heterocycles. The van der Waals surface area contributed by atoms with Crippen LogP contribution in [0.4, 0.5) is 4.79 Å². The van der Waals surface area contributed by atoms with E-state index in [1.54, 1.807) is 19.9 Å². The number of hydrogen-bond donors (Lipinski definition) is 2. The zero-order valence-electron chi connectivity index (χ0n) is 17.7. The number of urea groups is 1. The van der Waals surface area contributed by atoms with E-state index in [1.165, 1.54) is 11.3 Å². The SMILES string of the molecule is CCOC(=O)C1=C(COC(=O)c2cc3c(C)nn(CC(C)C)c3s2)NC(=O)N[C@@H]1C. The number of esters is 2. The molecular formula is C20H26N4O5S. The molecule has 0 aliphatic carbocycles. The molecule has 0 unspecified atom stereocenters. The Hall–Kier alpha value is -2.88. The normalized spacial score (nSPS) is 16.6. The number of aromatic nitrogens is 2. The topological polar surface area (TPSA) is 112 Å². The van der Waals surface area contributed by atoms with Crippen LogP contribution >= 0.6 is 11.3 Å². The van der Waals surface area contributed by atoms with Crippen LogP contribution in [0.3, 0.4) is 0 Å². The molecule has 10 heteroatoms. The van der Waals surface area contributed by atoms with Gasteiger partial charge in [0.05, 0.1) is 29.6 Å². The number of rotatable bonds is 7. The van der Waals surface area contributed by atoms with Gasteiger partial charge in [-0.2, -0.15) is 5.10 Å².